The van der Waals surface area contributed by atoms with E-state index in [1.165, 1.54) is 0 Å². The van der Waals surface area contributed by atoms with Crippen molar-refractivity contribution >= 4 is 8.60 Å². The number of hydrogen-bond donors (Lipinski definition) is 3. The molecule has 0 unspecified atom stereocenters. The highest BCUT2D eigenvalue weighted by Crippen LogP contribution is 2.24. The van der Waals surface area contributed by atoms with E-state index in [9.17, 15) is 0 Å². The highest BCUT2D eigenvalue weighted by atomic mass is 31.2. The van der Waals surface area contributed by atoms with Crippen molar-refractivity contribution in [2.24, 2.45) is 5.73 Å². The summed E-state index contributed by atoms with van der Waals surface area (Å²) in [5.74, 6) is 0. The van der Waals surface area contributed by atoms with Gasteiger partial charge in [0.25, 0.3) is 0 Å². The Morgan fingerprint density at radius 2 is 1.78 bits per heavy atom. The molecule has 0 aromatic carbocycles. The van der Waals surface area contributed by atoms with Gasteiger partial charge in [0.1, 0.15) is 32.8 Å². The Balaban J connectivity index is 2.32. The summed E-state index contributed by atoms with van der Waals surface area (Å²) in [5, 5.41) is 0. The van der Waals surface area contributed by atoms with Crippen molar-refractivity contribution < 1.29 is 28.3 Å². The molecular weight excluding hydrogens is 259 g/mol. The molecule has 1 fully saturated rings. The quantitative estimate of drug-likeness (QED) is 0.286. The third-order valence-corrected chi connectivity index (χ3v) is 3.58. The topological polar surface area (TPSA) is 94.2 Å². The first-order valence-corrected chi connectivity index (χ1v) is 7.36. The van der Waals surface area contributed by atoms with Crippen molar-refractivity contribution in [1.82, 2.24) is 0 Å². The fourth-order valence-electron chi connectivity index (χ4n) is 2.05. The number of nitrogens with zero attached hydrogens (tertiary/aromatic N) is 1. The van der Waals surface area contributed by atoms with Crippen LogP contribution in [0.4, 0.5) is 0 Å². The van der Waals surface area contributed by atoms with Crippen LogP contribution < -0.4 is 5.73 Å². The van der Waals surface area contributed by atoms with Crippen molar-refractivity contribution in [3.63, 3.8) is 0 Å². The van der Waals surface area contributed by atoms with Crippen LogP contribution in [0.1, 0.15) is 0 Å². The van der Waals surface area contributed by atoms with E-state index in [2.05, 4.69) is 0 Å². The maximum Gasteiger partial charge on any atom is 0.327 e. The first kappa shape index (κ1) is 16.2. The fraction of sp³-hybridized carbons (Fsp3) is 1.00. The molecular formula is C10H24N2O5P+. The minimum atomic E-state index is -2.26. The zero-order valence-electron chi connectivity index (χ0n) is 10.7. The van der Waals surface area contributed by atoms with E-state index in [-0.39, 0.29) is 0 Å². The second kappa shape index (κ2) is 9.12. The molecule has 4 N–H and O–H groups in total. The number of rotatable bonds is 9. The lowest BCUT2D eigenvalue weighted by atomic mass is 10.3. The molecule has 0 aliphatic carbocycles. The van der Waals surface area contributed by atoms with E-state index in [1.807, 2.05) is 0 Å². The van der Waals surface area contributed by atoms with Crippen molar-refractivity contribution in [1.29, 1.82) is 0 Å². The molecule has 18 heavy (non-hydrogen) atoms. The van der Waals surface area contributed by atoms with E-state index < -0.39 is 8.60 Å². The summed E-state index contributed by atoms with van der Waals surface area (Å²) in [7, 11) is -2.26. The van der Waals surface area contributed by atoms with Crippen LogP contribution in [0, 0.1) is 0 Å². The minimum Gasteiger partial charge on any atom is -0.374 e. The van der Waals surface area contributed by atoms with Gasteiger partial charge in [-0.1, -0.05) is 0 Å². The zero-order valence-corrected chi connectivity index (χ0v) is 11.6. The lowest BCUT2D eigenvalue weighted by molar-refractivity contribution is -0.935. The average molecular weight is 283 g/mol. The molecule has 1 saturated heterocycles. The Kier molecular flexibility index (Phi) is 8.21. The summed E-state index contributed by atoms with van der Waals surface area (Å²) >= 11 is 0. The zero-order chi connectivity index (χ0) is 13.3. The van der Waals surface area contributed by atoms with E-state index in [4.69, 9.17) is 29.5 Å². The van der Waals surface area contributed by atoms with Crippen molar-refractivity contribution in [2.75, 3.05) is 65.8 Å². The Bertz CT molecular complexity index is 214. The van der Waals surface area contributed by atoms with Gasteiger partial charge >= 0.3 is 8.60 Å². The standard InChI is InChI=1S/C10H24N2O5P/c11-1-6-15-7-2-12(3-8-16-9-4-12)5-10-17-18(13)14/h13-14H,1-11H2/q+1. The molecule has 0 atom stereocenters. The third-order valence-electron chi connectivity index (χ3n) is 3.16. The molecule has 0 saturated carbocycles. The molecule has 8 heteroatoms. The monoisotopic (exact) mass is 283 g/mol. The van der Waals surface area contributed by atoms with Gasteiger partial charge in [0, 0.05) is 6.54 Å². The third kappa shape index (κ3) is 6.36. The van der Waals surface area contributed by atoms with Gasteiger partial charge in [-0.15, -0.1) is 0 Å². The van der Waals surface area contributed by atoms with Crippen LogP contribution in [0.25, 0.3) is 0 Å². The van der Waals surface area contributed by atoms with Crippen LogP contribution >= 0.6 is 8.60 Å². The van der Waals surface area contributed by atoms with Crippen LogP contribution in [-0.4, -0.2) is 80.0 Å². The Morgan fingerprint density at radius 3 is 2.39 bits per heavy atom. The molecule has 1 aliphatic rings. The van der Waals surface area contributed by atoms with Gasteiger partial charge in [-0.2, -0.15) is 0 Å². The molecule has 1 heterocycles. The minimum absolute atomic E-state index is 0.343. The normalized spacial score (nSPS) is 19.3. The molecule has 7 nitrogen and oxygen atoms in total. The summed E-state index contributed by atoms with van der Waals surface area (Å²) < 4.78 is 16.5. The van der Waals surface area contributed by atoms with Gasteiger partial charge < -0.3 is 34.0 Å². The van der Waals surface area contributed by atoms with Gasteiger partial charge in [0.05, 0.1) is 26.4 Å². The van der Waals surface area contributed by atoms with E-state index in [0.29, 0.717) is 26.4 Å². The maximum atomic E-state index is 8.74. The Labute approximate surface area is 109 Å². The summed E-state index contributed by atoms with van der Waals surface area (Å²) in [6.07, 6.45) is 0. The first-order valence-electron chi connectivity index (χ1n) is 6.20. The van der Waals surface area contributed by atoms with Crippen molar-refractivity contribution in [3.05, 3.63) is 0 Å². The number of nitrogens with two attached hydrogens (primary N) is 1. The fourth-order valence-corrected chi connectivity index (χ4v) is 2.29. The molecule has 108 valence electrons. The molecule has 0 spiro atoms. The van der Waals surface area contributed by atoms with Crippen molar-refractivity contribution in [3.8, 4) is 0 Å². The molecule has 0 amide bonds. The van der Waals surface area contributed by atoms with Gasteiger partial charge in [-0.25, -0.2) is 0 Å². The SMILES string of the molecule is NCCOCC[N+]1(CCOP(O)O)CCOCC1. The highest BCUT2D eigenvalue weighted by Gasteiger charge is 2.30. The smallest absolute Gasteiger partial charge is 0.327 e. The molecule has 1 rings (SSSR count). The predicted octanol–water partition coefficient (Wildman–Crippen LogP) is -0.963. The number of morpholine rings is 1. The van der Waals surface area contributed by atoms with Gasteiger partial charge in [0.2, 0.25) is 0 Å². The number of hydrogen-bond acceptors (Lipinski definition) is 6. The van der Waals surface area contributed by atoms with Crippen molar-refractivity contribution in [2.45, 2.75) is 0 Å². The van der Waals surface area contributed by atoms with Crippen LogP contribution in [0.5, 0.6) is 0 Å². The highest BCUT2D eigenvalue weighted by molar-refractivity contribution is 7.39. The molecule has 0 bridgehead atoms. The maximum absolute atomic E-state index is 8.74. The molecule has 1 aliphatic heterocycles. The summed E-state index contributed by atoms with van der Waals surface area (Å²) in [4.78, 5) is 17.5. The largest absolute Gasteiger partial charge is 0.374 e. The predicted molar refractivity (Wildman–Crippen MR) is 67.7 cm³/mol. The van der Waals surface area contributed by atoms with Crippen LogP contribution in [0.2, 0.25) is 0 Å². The first-order chi connectivity index (χ1) is 8.68. The summed E-state index contributed by atoms with van der Waals surface area (Å²) in [5.41, 5.74) is 5.37. The number of quaternary nitrogens is 1. The molecule has 0 radical (unpaired) electrons. The Morgan fingerprint density at radius 1 is 1.11 bits per heavy atom. The second-order valence-corrected chi connectivity index (χ2v) is 5.10. The lowest BCUT2D eigenvalue weighted by Gasteiger charge is -2.41. The number of ether oxygens (including phenoxy) is 2. The van der Waals surface area contributed by atoms with Gasteiger partial charge in [0.15, 0.2) is 0 Å². The molecule has 0 aromatic rings. The molecule has 0 aromatic heterocycles. The van der Waals surface area contributed by atoms with E-state index in [0.717, 1.165) is 43.9 Å². The van der Waals surface area contributed by atoms with E-state index >= 15 is 0 Å². The lowest BCUT2D eigenvalue weighted by Crippen LogP contribution is -2.58. The van der Waals surface area contributed by atoms with Gasteiger partial charge in [-0.05, 0) is 0 Å². The average Bonchev–Trinajstić information content (AvgIpc) is 2.36. The van der Waals surface area contributed by atoms with E-state index in [1.54, 1.807) is 0 Å². The van der Waals surface area contributed by atoms with Gasteiger partial charge in [-0.3, -0.25) is 0 Å². The van der Waals surface area contributed by atoms with Crippen LogP contribution in [0.15, 0.2) is 0 Å². The summed E-state index contributed by atoms with van der Waals surface area (Å²) in [6, 6.07) is 0. The summed E-state index contributed by atoms with van der Waals surface area (Å²) in [6.45, 7) is 7.00. The Hall–Kier alpha value is 0.150. The van der Waals surface area contributed by atoms with Crippen LogP contribution in [0.3, 0.4) is 0 Å². The van der Waals surface area contributed by atoms with Crippen LogP contribution in [-0.2, 0) is 14.0 Å². The second-order valence-electron chi connectivity index (χ2n) is 4.34.